The van der Waals surface area contributed by atoms with Crippen molar-refractivity contribution < 1.29 is 16.8 Å². The molecule has 2 saturated heterocycles. The van der Waals surface area contributed by atoms with E-state index >= 15 is 0 Å². The predicted octanol–water partition coefficient (Wildman–Crippen LogP) is 9.97. The number of hydrogen-bond donors (Lipinski definition) is 0. The van der Waals surface area contributed by atoms with Crippen LogP contribution < -0.4 is 9.80 Å². The molecule has 2 fully saturated rings. The summed E-state index contributed by atoms with van der Waals surface area (Å²) in [6.07, 6.45) is 2.62. The summed E-state index contributed by atoms with van der Waals surface area (Å²) in [6.45, 7) is 8.13. The van der Waals surface area contributed by atoms with E-state index in [0.29, 0.717) is 72.4 Å². The molecule has 10 nitrogen and oxygen atoms in total. The smallest absolute Gasteiger partial charge is 0.243 e. The molecule has 2 aromatic heterocycles. The van der Waals surface area contributed by atoms with Crippen LogP contribution in [0.2, 0.25) is 20.1 Å². The van der Waals surface area contributed by atoms with Gasteiger partial charge in [0.2, 0.25) is 20.0 Å². The van der Waals surface area contributed by atoms with Gasteiger partial charge in [0.05, 0.1) is 21.2 Å². The zero-order valence-corrected chi connectivity index (χ0v) is 39.8. The topological polar surface area (TPSA) is 107 Å². The highest BCUT2D eigenvalue weighted by atomic mass is 35.5. The Hall–Kier alpha value is -3.28. The summed E-state index contributed by atoms with van der Waals surface area (Å²) in [7, 11) is -7.26. The molecule has 4 heterocycles. The van der Waals surface area contributed by atoms with Crippen molar-refractivity contribution >= 4 is 99.4 Å². The van der Waals surface area contributed by atoms with Crippen molar-refractivity contribution in [2.24, 2.45) is 0 Å². The van der Waals surface area contributed by atoms with Crippen molar-refractivity contribution in [1.82, 2.24) is 18.6 Å². The average Bonchev–Trinajstić information content (AvgIpc) is 3.92. The predicted molar refractivity (Wildman–Crippen MR) is 252 cm³/mol. The molecule has 8 rings (SSSR count). The molecule has 18 heteroatoms. The number of halogens is 4. The third-order valence-electron chi connectivity index (χ3n) is 10.4. The van der Waals surface area contributed by atoms with E-state index in [2.05, 4.69) is 82.9 Å². The Morgan fingerprint density at radius 3 is 1.23 bits per heavy atom. The van der Waals surface area contributed by atoms with E-state index in [-0.39, 0.29) is 9.79 Å². The van der Waals surface area contributed by atoms with Crippen LogP contribution in [0.1, 0.15) is 40.6 Å². The molecule has 61 heavy (non-hydrogen) atoms. The zero-order chi connectivity index (χ0) is 43.3. The number of aromatic nitrogens is 2. The number of benzene rings is 4. The first kappa shape index (κ1) is 45.7. The van der Waals surface area contributed by atoms with Gasteiger partial charge in [0.1, 0.15) is 0 Å². The first-order valence-electron chi connectivity index (χ1n) is 19.6. The molecule has 0 atom stereocenters. The van der Waals surface area contributed by atoms with Crippen LogP contribution in [-0.2, 0) is 39.3 Å². The zero-order valence-electron chi connectivity index (χ0n) is 33.5. The van der Waals surface area contributed by atoms with E-state index in [1.165, 1.54) is 67.3 Å². The quantitative estimate of drug-likeness (QED) is 0.126. The van der Waals surface area contributed by atoms with Crippen LogP contribution in [0.5, 0.6) is 0 Å². The maximum atomic E-state index is 13.0. The third-order valence-corrected chi connectivity index (χ3v) is 16.9. The Bertz CT molecular complexity index is 2620. The second kappa shape index (κ2) is 20.0. The lowest BCUT2D eigenvalue weighted by molar-refractivity contribution is 0.384. The van der Waals surface area contributed by atoms with Crippen molar-refractivity contribution in [3.63, 3.8) is 0 Å². The highest BCUT2D eigenvalue weighted by Crippen LogP contribution is 2.30. The molecule has 4 aromatic carbocycles. The summed E-state index contributed by atoms with van der Waals surface area (Å²) in [4.78, 5) is 14.1. The van der Waals surface area contributed by atoms with Gasteiger partial charge in [-0.05, 0) is 66.4 Å². The van der Waals surface area contributed by atoms with E-state index in [1.54, 1.807) is 22.7 Å². The molecule has 322 valence electrons. The van der Waals surface area contributed by atoms with Crippen LogP contribution in [0.25, 0.3) is 0 Å². The fraction of sp³-hybridized carbons (Fsp3) is 0.302. The van der Waals surface area contributed by atoms with Gasteiger partial charge < -0.3 is 9.80 Å². The minimum atomic E-state index is -3.63. The van der Waals surface area contributed by atoms with E-state index in [0.717, 1.165) is 40.9 Å². The fourth-order valence-electron chi connectivity index (χ4n) is 6.96. The van der Waals surface area contributed by atoms with Gasteiger partial charge in [0.25, 0.3) is 0 Å². The van der Waals surface area contributed by atoms with Crippen LogP contribution in [-0.4, -0.2) is 87.8 Å². The SMILES string of the molecule is CCc1ccc(Cc2csc(N3CCN(S(=O)(=O)c4cc(Cl)cc(Cl)c4)CC3)n2)cc1.Cc1ccc(Cc2csc(N3CCN(S(=O)(=O)c4cc(Cl)cc(Cl)c4)CC3)n2)cc1. The second-order valence-electron chi connectivity index (χ2n) is 14.7. The lowest BCUT2D eigenvalue weighted by Gasteiger charge is -2.33. The molecule has 0 N–H and O–H groups in total. The largest absolute Gasteiger partial charge is 0.345 e. The highest BCUT2D eigenvalue weighted by Gasteiger charge is 2.31. The molecule has 2 aliphatic heterocycles. The van der Waals surface area contributed by atoms with Gasteiger partial charge in [-0.3, -0.25) is 0 Å². The Morgan fingerprint density at radius 2 is 0.869 bits per heavy atom. The van der Waals surface area contributed by atoms with E-state index in [1.807, 2.05) is 0 Å². The van der Waals surface area contributed by atoms with Crippen molar-refractivity contribution in [3.8, 4) is 0 Å². The summed E-state index contributed by atoms with van der Waals surface area (Å²) in [5.74, 6) is 0. The average molecular weight is 979 g/mol. The third kappa shape index (κ3) is 11.7. The van der Waals surface area contributed by atoms with Gasteiger partial charge in [0, 0.05) is 96.1 Å². The second-order valence-corrected chi connectivity index (χ2v) is 22.0. The Balaban J connectivity index is 0.000000184. The highest BCUT2D eigenvalue weighted by molar-refractivity contribution is 7.89. The van der Waals surface area contributed by atoms with Crippen LogP contribution in [0.4, 0.5) is 10.3 Å². The van der Waals surface area contributed by atoms with Gasteiger partial charge in [-0.2, -0.15) is 8.61 Å². The minimum absolute atomic E-state index is 0.128. The van der Waals surface area contributed by atoms with Crippen molar-refractivity contribution in [1.29, 1.82) is 0 Å². The Kier molecular flexibility index (Phi) is 15.0. The van der Waals surface area contributed by atoms with E-state index in [4.69, 9.17) is 56.4 Å². The molecule has 0 aliphatic carbocycles. The molecule has 2 aliphatic rings. The maximum Gasteiger partial charge on any atom is 0.243 e. The molecule has 0 unspecified atom stereocenters. The number of rotatable bonds is 11. The van der Waals surface area contributed by atoms with Crippen LogP contribution >= 0.6 is 69.1 Å². The number of nitrogens with zero attached hydrogens (tertiary/aromatic N) is 6. The van der Waals surface area contributed by atoms with Crippen LogP contribution in [0.3, 0.4) is 0 Å². The molecule has 0 saturated carbocycles. The number of anilines is 2. The maximum absolute atomic E-state index is 13.0. The first-order chi connectivity index (χ1) is 29.2. The first-order valence-corrected chi connectivity index (χ1v) is 25.8. The Morgan fingerprint density at radius 1 is 0.525 bits per heavy atom. The lowest BCUT2D eigenvalue weighted by Crippen LogP contribution is -2.48. The fourth-order valence-corrected chi connectivity index (χ4v) is 13.0. The molecule has 0 bridgehead atoms. The summed E-state index contributed by atoms with van der Waals surface area (Å²) >= 11 is 27.2. The van der Waals surface area contributed by atoms with Crippen LogP contribution in [0.15, 0.2) is 105 Å². The molecular formula is C43H44Cl4N6O4S4. The van der Waals surface area contributed by atoms with Gasteiger partial charge in [-0.15, -0.1) is 22.7 Å². The molecule has 0 spiro atoms. The minimum Gasteiger partial charge on any atom is -0.345 e. The lowest BCUT2D eigenvalue weighted by atomic mass is 10.1. The van der Waals surface area contributed by atoms with Crippen molar-refractivity contribution in [2.75, 3.05) is 62.2 Å². The Labute approximate surface area is 386 Å². The van der Waals surface area contributed by atoms with Gasteiger partial charge in [-0.1, -0.05) is 107 Å². The monoisotopic (exact) mass is 976 g/mol. The van der Waals surface area contributed by atoms with Crippen LogP contribution in [0, 0.1) is 6.92 Å². The van der Waals surface area contributed by atoms with Crippen molar-refractivity contribution in [3.05, 3.63) is 149 Å². The molecular weight excluding hydrogens is 935 g/mol. The van der Waals surface area contributed by atoms with Crippen molar-refractivity contribution in [2.45, 2.75) is 42.9 Å². The summed E-state index contributed by atoms with van der Waals surface area (Å²) in [5.41, 5.74) is 7.11. The number of hydrogen-bond acceptors (Lipinski definition) is 10. The number of sulfonamides is 2. The van der Waals surface area contributed by atoms with Gasteiger partial charge in [-0.25, -0.2) is 26.8 Å². The summed E-state index contributed by atoms with van der Waals surface area (Å²) in [6, 6.07) is 25.9. The van der Waals surface area contributed by atoms with E-state index < -0.39 is 20.0 Å². The normalized spacial score (nSPS) is 15.4. The summed E-state index contributed by atoms with van der Waals surface area (Å²) in [5, 5.41) is 7.26. The molecule has 0 amide bonds. The number of aryl methyl sites for hydroxylation is 2. The number of piperazine rings is 2. The standard InChI is InChI=1S/C22H23Cl2N3O2S2.C21H21Cl2N3O2S2/c1-2-16-3-5-17(6-4-16)11-20-15-30-22(25-20)26-7-9-27(10-8-26)31(28,29)21-13-18(23)12-19(24)14-21;1-15-2-4-16(5-3-15)10-19-14-29-21(24-19)25-6-8-26(9-7-25)30(27,28)20-12-17(22)11-18(23)13-20/h3-6,12-15H,2,7-11H2,1H3;2-5,11-14H,6-10H2,1H3. The molecule has 0 radical (unpaired) electrons. The van der Waals surface area contributed by atoms with E-state index in [9.17, 15) is 16.8 Å². The van der Waals surface area contributed by atoms with Gasteiger partial charge >= 0.3 is 0 Å². The van der Waals surface area contributed by atoms with Gasteiger partial charge in [0.15, 0.2) is 10.3 Å². The molecule has 6 aromatic rings. The number of thiazole rings is 2. The summed E-state index contributed by atoms with van der Waals surface area (Å²) < 4.78 is 54.8.